The van der Waals surface area contributed by atoms with E-state index in [-0.39, 0.29) is 5.56 Å². The van der Waals surface area contributed by atoms with Gasteiger partial charge in [0.25, 0.3) is 5.91 Å². The van der Waals surface area contributed by atoms with Crippen LogP contribution in [0.3, 0.4) is 0 Å². The van der Waals surface area contributed by atoms with Crippen LogP contribution in [-0.2, 0) is 9.59 Å². The van der Waals surface area contributed by atoms with E-state index in [9.17, 15) is 14.4 Å². The van der Waals surface area contributed by atoms with E-state index >= 15 is 0 Å². The first-order valence-electron chi connectivity index (χ1n) is 4.28. The Morgan fingerprint density at radius 1 is 1.38 bits per heavy atom. The first-order chi connectivity index (χ1) is 7.50. The fourth-order valence-corrected chi connectivity index (χ4v) is 1.01. The van der Waals surface area contributed by atoms with Crippen molar-refractivity contribution >= 4 is 17.8 Å². The molecule has 16 heavy (non-hydrogen) atoms. The lowest BCUT2D eigenvalue weighted by molar-refractivity contribution is -0.145. The molecule has 0 fully saturated rings. The van der Waals surface area contributed by atoms with E-state index in [0.717, 1.165) is 6.26 Å². The van der Waals surface area contributed by atoms with Crippen molar-refractivity contribution < 1.29 is 29.0 Å². The van der Waals surface area contributed by atoms with Crippen molar-refractivity contribution in [2.45, 2.75) is 12.5 Å². The van der Waals surface area contributed by atoms with E-state index in [4.69, 9.17) is 10.2 Å². The monoisotopic (exact) mass is 227 g/mol. The minimum Gasteiger partial charge on any atom is -0.481 e. The number of nitrogens with one attached hydrogen (secondary N) is 1. The summed E-state index contributed by atoms with van der Waals surface area (Å²) < 4.78 is 4.63. The van der Waals surface area contributed by atoms with Crippen LogP contribution in [0, 0.1) is 0 Å². The number of furan rings is 1. The van der Waals surface area contributed by atoms with Crippen LogP contribution in [0.1, 0.15) is 16.8 Å². The number of amides is 1. The van der Waals surface area contributed by atoms with Gasteiger partial charge in [-0.25, -0.2) is 4.79 Å². The summed E-state index contributed by atoms with van der Waals surface area (Å²) in [6.45, 7) is 0. The molecule has 7 nitrogen and oxygen atoms in total. The van der Waals surface area contributed by atoms with Crippen molar-refractivity contribution in [1.29, 1.82) is 0 Å². The van der Waals surface area contributed by atoms with Gasteiger partial charge in [-0.3, -0.25) is 9.59 Å². The zero-order valence-electron chi connectivity index (χ0n) is 8.04. The molecule has 0 saturated heterocycles. The van der Waals surface area contributed by atoms with Gasteiger partial charge in [0, 0.05) is 0 Å². The number of hydrogen-bond donors (Lipinski definition) is 3. The van der Waals surface area contributed by atoms with Gasteiger partial charge in [-0.15, -0.1) is 0 Å². The maximum Gasteiger partial charge on any atom is 0.326 e. The second-order valence-electron chi connectivity index (χ2n) is 2.97. The average molecular weight is 227 g/mol. The summed E-state index contributed by atoms with van der Waals surface area (Å²) in [4.78, 5) is 32.4. The summed E-state index contributed by atoms with van der Waals surface area (Å²) >= 11 is 0. The second kappa shape index (κ2) is 4.96. The summed E-state index contributed by atoms with van der Waals surface area (Å²) in [5.74, 6) is -3.40. The number of carbonyl (C=O) groups is 3. The molecule has 86 valence electrons. The molecular weight excluding hydrogens is 218 g/mol. The van der Waals surface area contributed by atoms with E-state index < -0.39 is 30.3 Å². The highest BCUT2D eigenvalue weighted by Gasteiger charge is 2.23. The zero-order chi connectivity index (χ0) is 12.1. The lowest BCUT2D eigenvalue weighted by Crippen LogP contribution is -2.42. The lowest BCUT2D eigenvalue weighted by Gasteiger charge is -2.10. The highest BCUT2D eigenvalue weighted by molar-refractivity contribution is 5.96. The first-order valence-corrected chi connectivity index (χ1v) is 4.28. The summed E-state index contributed by atoms with van der Waals surface area (Å²) in [5.41, 5.74) is 0.136. The van der Waals surface area contributed by atoms with Gasteiger partial charge in [0.05, 0.1) is 18.2 Å². The Hall–Kier alpha value is -2.31. The molecule has 1 aromatic rings. The molecule has 0 aromatic carbocycles. The van der Waals surface area contributed by atoms with Crippen molar-refractivity contribution in [2.24, 2.45) is 0 Å². The van der Waals surface area contributed by atoms with E-state index in [2.05, 4.69) is 9.73 Å². The van der Waals surface area contributed by atoms with Crippen LogP contribution in [0.4, 0.5) is 0 Å². The van der Waals surface area contributed by atoms with Gasteiger partial charge in [-0.05, 0) is 6.07 Å². The summed E-state index contributed by atoms with van der Waals surface area (Å²) in [6, 6.07) is -0.116. The molecule has 0 aliphatic rings. The first kappa shape index (κ1) is 11.8. The molecule has 1 aromatic heterocycles. The van der Waals surface area contributed by atoms with Crippen LogP contribution in [-0.4, -0.2) is 34.1 Å². The van der Waals surface area contributed by atoms with Crippen LogP contribution in [0.25, 0.3) is 0 Å². The van der Waals surface area contributed by atoms with Gasteiger partial charge in [0.2, 0.25) is 0 Å². The number of carbonyl (C=O) groups excluding carboxylic acids is 1. The molecule has 0 bridgehead atoms. The van der Waals surface area contributed by atoms with Crippen molar-refractivity contribution in [3.8, 4) is 0 Å². The highest BCUT2D eigenvalue weighted by atomic mass is 16.4. The minimum absolute atomic E-state index is 0.136. The van der Waals surface area contributed by atoms with Crippen LogP contribution < -0.4 is 5.32 Å². The van der Waals surface area contributed by atoms with E-state index in [0.29, 0.717) is 0 Å². The van der Waals surface area contributed by atoms with Gasteiger partial charge in [0.15, 0.2) is 0 Å². The summed E-state index contributed by atoms with van der Waals surface area (Å²) in [5, 5.41) is 19.2. The van der Waals surface area contributed by atoms with E-state index in [1.54, 1.807) is 0 Å². The summed E-state index contributed by atoms with van der Waals surface area (Å²) in [7, 11) is 0. The Morgan fingerprint density at radius 3 is 2.50 bits per heavy atom. The quantitative estimate of drug-likeness (QED) is 0.648. The molecule has 0 radical (unpaired) electrons. The van der Waals surface area contributed by atoms with Crippen molar-refractivity contribution in [1.82, 2.24) is 5.32 Å². The Balaban J connectivity index is 2.65. The van der Waals surface area contributed by atoms with Crippen LogP contribution >= 0.6 is 0 Å². The fraction of sp³-hybridized carbons (Fsp3) is 0.222. The van der Waals surface area contributed by atoms with Gasteiger partial charge in [-0.1, -0.05) is 0 Å². The Bertz CT molecular complexity index is 396. The number of carboxylic acid groups (broad SMARTS) is 2. The molecule has 1 amide bonds. The van der Waals surface area contributed by atoms with E-state index in [1.165, 1.54) is 12.3 Å². The maximum atomic E-state index is 11.4. The third-order valence-electron chi connectivity index (χ3n) is 1.77. The molecule has 1 atom stereocenters. The molecular formula is C9H9NO6. The predicted octanol–water partition coefficient (Wildman–Crippen LogP) is -0.0627. The van der Waals surface area contributed by atoms with Crippen molar-refractivity contribution in [3.63, 3.8) is 0 Å². The smallest absolute Gasteiger partial charge is 0.326 e. The van der Waals surface area contributed by atoms with Crippen LogP contribution in [0.2, 0.25) is 0 Å². The molecule has 0 saturated carbocycles. The standard InChI is InChI=1S/C9H9NO6/c11-7(12)3-6(9(14)15)10-8(13)5-1-2-16-4-5/h1-2,4,6H,3H2,(H,10,13)(H,11,12)(H,14,15). The molecule has 1 unspecified atom stereocenters. The van der Waals surface area contributed by atoms with Crippen molar-refractivity contribution in [3.05, 3.63) is 24.2 Å². The zero-order valence-corrected chi connectivity index (χ0v) is 8.04. The van der Waals surface area contributed by atoms with E-state index in [1.807, 2.05) is 0 Å². The lowest BCUT2D eigenvalue weighted by atomic mass is 10.2. The summed E-state index contributed by atoms with van der Waals surface area (Å²) in [6.07, 6.45) is 1.70. The van der Waals surface area contributed by atoms with Gasteiger partial charge < -0.3 is 19.9 Å². The predicted molar refractivity (Wildman–Crippen MR) is 49.9 cm³/mol. The van der Waals surface area contributed by atoms with Crippen LogP contribution in [0.15, 0.2) is 23.0 Å². The molecule has 1 rings (SSSR count). The largest absolute Gasteiger partial charge is 0.481 e. The van der Waals surface area contributed by atoms with Crippen LogP contribution in [0.5, 0.6) is 0 Å². The second-order valence-corrected chi connectivity index (χ2v) is 2.97. The third-order valence-corrected chi connectivity index (χ3v) is 1.77. The molecule has 0 aliphatic heterocycles. The minimum atomic E-state index is -1.46. The fourth-order valence-electron chi connectivity index (χ4n) is 1.01. The number of hydrogen-bond acceptors (Lipinski definition) is 4. The average Bonchev–Trinajstić information content (AvgIpc) is 2.68. The maximum absolute atomic E-state index is 11.4. The number of aliphatic carboxylic acids is 2. The van der Waals surface area contributed by atoms with Gasteiger partial charge in [0.1, 0.15) is 12.3 Å². The van der Waals surface area contributed by atoms with Crippen molar-refractivity contribution in [2.75, 3.05) is 0 Å². The molecule has 0 spiro atoms. The topological polar surface area (TPSA) is 117 Å². The molecule has 1 heterocycles. The number of rotatable bonds is 5. The van der Waals surface area contributed by atoms with Gasteiger partial charge in [-0.2, -0.15) is 0 Å². The third kappa shape index (κ3) is 3.12. The SMILES string of the molecule is O=C(O)CC(NC(=O)c1ccoc1)C(=O)O. The molecule has 3 N–H and O–H groups in total. The Labute approximate surface area is 89.7 Å². The molecule has 7 heteroatoms. The molecule has 0 aliphatic carbocycles. The highest BCUT2D eigenvalue weighted by Crippen LogP contribution is 2.01. The Kier molecular flexibility index (Phi) is 3.65. The normalized spacial score (nSPS) is 11.8. The Morgan fingerprint density at radius 2 is 2.06 bits per heavy atom. The van der Waals surface area contributed by atoms with Gasteiger partial charge >= 0.3 is 11.9 Å². The number of carboxylic acids is 2.